The number of hydrogen-bond acceptors (Lipinski definition) is 6. The monoisotopic (exact) mass is 443 g/mol. The first-order valence-corrected chi connectivity index (χ1v) is 10.8. The van der Waals surface area contributed by atoms with E-state index >= 15 is 0 Å². The molecule has 0 bridgehead atoms. The van der Waals surface area contributed by atoms with Gasteiger partial charge in [-0.2, -0.15) is 0 Å². The van der Waals surface area contributed by atoms with Crippen LogP contribution < -0.4 is 18.9 Å². The molecule has 5 rings (SSSR count). The second-order valence-electron chi connectivity index (χ2n) is 8.20. The number of fused-ring (bicyclic) bond motifs is 3. The number of Topliss-reactive ketones (excluding diaryl/α,β-unsaturated/α-hetero) is 1. The van der Waals surface area contributed by atoms with Crippen molar-refractivity contribution >= 4 is 11.9 Å². The number of allylic oxidation sites excluding steroid dienone is 1. The van der Waals surface area contributed by atoms with E-state index in [1.807, 2.05) is 61.5 Å². The number of ketones is 1. The van der Waals surface area contributed by atoms with Gasteiger partial charge in [0.2, 0.25) is 5.78 Å². The van der Waals surface area contributed by atoms with Crippen LogP contribution in [0.3, 0.4) is 0 Å². The number of carbonyl (C=O) groups excluding carboxylic acids is 1. The van der Waals surface area contributed by atoms with E-state index in [-0.39, 0.29) is 5.78 Å². The highest BCUT2D eigenvalue weighted by atomic mass is 16.5. The van der Waals surface area contributed by atoms with Gasteiger partial charge in [0, 0.05) is 13.1 Å². The lowest BCUT2D eigenvalue weighted by molar-refractivity contribution is 0.0872. The summed E-state index contributed by atoms with van der Waals surface area (Å²) in [6, 6.07) is 17.4. The van der Waals surface area contributed by atoms with Crippen LogP contribution >= 0.6 is 0 Å². The third kappa shape index (κ3) is 4.05. The van der Waals surface area contributed by atoms with Gasteiger partial charge in [-0.3, -0.25) is 9.69 Å². The smallest absolute Gasteiger partial charge is 0.232 e. The Kier molecular flexibility index (Phi) is 5.52. The molecule has 33 heavy (non-hydrogen) atoms. The van der Waals surface area contributed by atoms with Crippen molar-refractivity contribution in [1.29, 1.82) is 0 Å². The zero-order valence-electron chi connectivity index (χ0n) is 18.9. The quantitative estimate of drug-likeness (QED) is 0.519. The van der Waals surface area contributed by atoms with E-state index in [1.165, 1.54) is 0 Å². The molecule has 2 aliphatic rings. The third-order valence-corrected chi connectivity index (χ3v) is 5.97. The van der Waals surface area contributed by atoms with Crippen molar-refractivity contribution in [2.24, 2.45) is 0 Å². The zero-order valence-corrected chi connectivity index (χ0v) is 18.9. The molecule has 0 radical (unpaired) electrons. The molecular formula is C27H25NO5. The Hall–Kier alpha value is -3.77. The van der Waals surface area contributed by atoms with Gasteiger partial charge in [0.1, 0.15) is 29.7 Å². The van der Waals surface area contributed by atoms with Crippen LogP contribution in [-0.4, -0.2) is 31.6 Å². The fourth-order valence-electron chi connectivity index (χ4n) is 4.22. The van der Waals surface area contributed by atoms with Gasteiger partial charge in [-0.15, -0.1) is 0 Å². The van der Waals surface area contributed by atoms with Crippen molar-refractivity contribution in [3.8, 4) is 23.0 Å². The fourth-order valence-corrected chi connectivity index (χ4v) is 4.22. The summed E-state index contributed by atoms with van der Waals surface area (Å²) in [5.74, 6) is 3.19. The topological polar surface area (TPSA) is 57.2 Å². The first-order chi connectivity index (χ1) is 16.1. The molecule has 0 aliphatic carbocycles. The molecule has 0 aromatic heterocycles. The molecule has 3 aromatic rings. The highest BCUT2D eigenvalue weighted by Crippen LogP contribution is 2.44. The van der Waals surface area contributed by atoms with Crippen molar-refractivity contribution in [2.75, 3.05) is 21.0 Å². The summed E-state index contributed by atoms with van der Waals surface area (Å²) in [5, 5.41) is 0. The first kappa shape index (κ1) is 21.1. The van der Waals surface area contributed by atoms with Gasteiger partial charge in [0.15, 0.2) is 5.76 Å². The van der Waals surface area contributed by atoms with E-state index in [0.29, 0.717) is 36.9 Å². The molecule has 168 valence electrons. The SMILES string of the molecule is COc1ccc(/C=C2\Oc3c4c(cc(C)c3C2=O)OCN(Cc2ccc(OC)cc2)C4)cc1. The lowest BCUT2D eigenvalue weighted by atomic mass is 9.98. The van der Waals surface area contributed by atoms with Crippen LogP contribution in [0, 0.1) is 6.92 Å². The highest BCUT2D eigenvalue weighted by molar-refractivity contribution is 6.15. The van der Waals surface area contributed by atoms with E-state index in [1.54, 1.807) is 20.3 Å². The Balaban J connectivity index is 1.41. The van der Waals surface area contributed by atoms with E-state index in [0.717, 1.165) is 39.5 Å². The van der Waals surface area contributed by atoms with Gasteiger partial charge in [-0.1, -0.05) is 24.3 Å². The number of carbonyl (C=O) groups is 1. The number of nitrogens with zero attached hydrogens (tertiary/aromatic N) is 1. The number of benzene rings is 3. The molecule has 0 spiro atoms. The highest BCUT2D eigenvalue weighted by Gasteiger charge is 2.35. The summed E-state index contributed by atoms with van der Waals surface area (Å²) in [4.78, 5) is 15.4. The second kappa shape index (κ2) is 8.64. The lowest BCUT2D eigenvalue weighted by Crippen LogP contribution is -2.31. The van der Waals surface area contributed by atoms with E-state index in [4.69, 9.17) is 18.9 Å². The molecule has 0 N–H and O–H groups in total. The number of ether oxygens (including phenoxy) is 4. The molecule has 6 nitrogen and oxygen atoms in total. The number of rotatable bonds is 5. The van der Waals surface area contributed by atoms with Gasteiger partial charge in [0.25, 0.3) is 0 Å². The summed E-state index contributed by atoms with van der Waals surface area (Å²) in [5.41, 5.74) is 4.40. The summed E-state index contributed by atoms with van der Waals surface area (Å²) in [6.45, 7) is 3.74. The molecule has 6 heteroatoms. The molecule has 0 amide bonds. The molecule has 0 atom stereocenters. The van der Waals surface area contributed by atoms with Crippen molar-refractivity contribution in [3.63, 3.8) is 0 Å². The van der Waals surface area contributed by atoms with Gasteiger partial charge in [-0.05, 0) is 60.0 Å². The third-order valence-electron chi connectivity index (χ3n) is 5.97. The Morgan fingerprint density at radius 3 is 2.33 bits per heavy atom. The average molecular weight is 443 g/mol. The minimum Gasteiger partial charge on any atom is -0.497 e. The first-order valence-electron chi connectivity index (χ1n) is 10.8. The molecule has 2 aliphatic heterocycles. The Morgan fingerprint density at radius 2 is 1.67 bits per heavy atom. The van der Waals surface area contributed by atoms with Gasteiger partial charge in [0.05, 0.1) is 25.3 Å². The molecule has 0 unspecified atom stereocenters. The lowest BCUT2D eigenvalue weighted by Gasteiger charge is -2.30. The van der Waals surface area contributed by atoms with E-state index in [9.17, 15) is 4.79 Å². The standard InChI is InChI=1S/C27H25NO5/c1-17-12-23-22(15-28(16-32-23)14-19-6-10-21(31-3)11-7-19)27-25(17)26(29)24(33-27)13-18-4-8-20(30-2)9-5-18/h4-13H,14-16H2,1-3H3/b24-13-. The summed E-state index contributed by atoms with van der Waals surface area (Å²) < 4.78 is 22.6. The van der Waals surface area contributed by atoms with Crippen molar-refractivity contribution in [3.05, 3.63) is 88.2 Å². The fraction of sp³-hybridized carbons (Fsp3) is 0.222. The maximum atomic E-state index is 13.2. The number of methoxy groups -OCH3 is 2. The maximum absolute atomic E-state index is 13.2. The number of hydrogen-bond donors (Lipinski definition) is 0. The van der Waals surface area contributed by atoms with Crippen LogP contribution in [0.1, 0.15) is 32.6 Å². The van der Waals surface area contributed by atoms with Crippen molar-refractivity contribution in [1.82, 2.24) is 4.90 Å². The molecular weight excluding hydrogens is 418 g/mol. The summed E-state index contributed by atoms with van der Waals surface area (Å²) >= 11 is 0. The largest absolute Gasteiger partial charge is 0.497 e. The normalized spacial score (nSPS) is 16.1. The van der Waals surface area contributed by atoms with E-state index < -0.39 is 0 Å². The Morgan fingerprint density at radius 1 is 1.00 bits per heavy atom. The van der Waals surface area contributed by atoms with Crippen LogP contribution in [0.4, 0.5) is 0 Å². The Labute approximate surface area is 193 Å². The predicted molar refractivity (Wildman–Crippen MR) is 125 cm³/mol. The van der Waals surface area contributed by atoms with Gasteiger partial charge < -0.3 is 18.9 Å². The summed E-state index contributed by atoms with van der Waals surface area (Å²) in [7, 11) is 3.28. The van der Waals surface area contributed by atoms with Crippen LogP contribution in [0.2, 0.25) is 0 Å². The van der Waals surface area contributed by atoms with Crippen LogP contribution in [0.15, 0.2) is 60.4 Å². The van der Waals surface area contributed by atoms with Crippen LogP contribution in [0.25, 0.3) is 6.08 Å². The van der Waals surface area contributed by atoms with Crippen LogP contribution in [-0.2, 0) is 13.1 Å². The minimum atomic E-state index is -0.103. The Bertz CT molecular complexity index is 1230. The molecule has 2 heterocycles. The van der Waals surface area contributed by atoms with Crippen molar-refractivity contribution in [2.45, 2.75) is 20.0 Å². The zero-order chi connectivity index (χ0) is 22.9. The average Bonchev–Trinajstić information content (AvgIpc) is 3.17. The molecule has 3 aromatic carbocycles. The van der Waals surface area contributed by atoms with Crippen molar-refractivity contribution < 1.29 is 23.7 Å². The second-order valence-corrected chi connectivity index (χ2v) is 8.20. The van der Waals surface area contributed by atoms with Gasteiger partial charge in [-0.25, -0.2) is 0 Å². The minimum absolute atomic E-state index is 0.103. The van der Waals surface area contributed by atoms with Gasteiger partial charge >= 0.3 is 0 Å². The predicted octanol–water partition coefficient (Wildman–Crippen LogP) is 4.98. The maximum Gasteiger partial charge on any atom is 0.232 e. The summed E-state index contributed by atoms with van der Waals surface area (Å²) in [6.07, 6.45) is 1.77. The molecule has 0 saturated heterocycles. The van der Waals surface area contributed by atoms with Crippen LogP contribution in [0.5, 0.6) is 23.0 Å². The molecule has 0 fully saturated rings. The number of aryl methyl sites for hydroxylation is 1. The van der Waals surface area contributed by atoms with E-state index in [2.05, 4.69) is 4.90 Å². The molecule has 0 saturated carbocycles.